The molecule has 9 heteroatoms. The van der Waals surface area contributed by atoms with Crippen LogP contribution in [0.1, 0.15) is 33.0 Å². The molecule has 1 N–H and O–H groups in total. The van der Waals surface area contributed by atoms with Gasteiger partial charge in [-0.25, -0.2) is 9.07 Å². The average molecular weight is 489 g/mol. The summed E-state index contributed by atoms with van der Waals surface area (Å²) in [6.45, 7) is 6.08. The van der Waals surface area contributed by atoms with Gasteiger partial charge >= 0.3 is 0 Å². The number of aromatic nitrogens is 5. The lowest BCUT2D eigenvalue weighted by Gasteiger charge is -2.21. The van der Waals surface area contributed by atoms with Crippen LogP contribution < -0.4 is 5.56 Å². The molecule has 2 aromatic carbocycles. The Balaban J connectivity index is 1.43. The van der Waals surface area contributed by atoms with Crippen LogP contribution in [0.3, 0.4) is 0 Å². The summed E-state index contributed by atoms with van der Waals surface area (Å²) in [6, 6.07) is 16.5. The van der Waals surface area contributed by atoms with Gasteiger partial charge in [0.2, 0.25) is 0 Å². The first kappa shape index (κ1) is 23.1. The highest BCUT2D eigenvalue weighted by Gasteiger charge is 2.17. The summed E-state index contributed by atoms with van der Waals surface area (Å²) in [6.07, 6.45) is 0. The van der Waals surface area contributed by atoms with Crippen LogP contribution in [0.25, 0.3) is 10.9 Å². The third-order valence-corrected chi connectivity index (χ3v) is 6.82. The molecule has 0 amide bonds. The van der Waals surface area contributed by atoms with E-state index in [0.717, 1.165) is 27.6 Å². The molecule has 5 aromatic rings. The zero-order valence-electron chi connectivity index (χ0n) is 19.5. The highest BCUT2D eigenvalue weighted by Crippen LogP contribution is 2.21. The number of nitrogens with one attached hydrogen (secondary N) is 1. The summed E-state index contributed by atoms with van der Waals surface area (Å²) >= 11 is 1.67. The fraction of sp³-hybridized carbons (Fsp3) is 0.231. The molecule has 0 spiro atoms. The molecule has 0 aliphatic heterocycles. The molecule has 35 heavy (non-hydrogen) atoms. The molecular formula is C26H25FN6OS. The van der Waals surface area contributed by atoms with Crippen molar-refractivity contribution in [3.8, 4) is 0 Å². The Morgan fingerprint density at radius 3 is 2.66 bits per heavy atom. The van der Waals surface area contributed by atoms with Crippen molar-refractivity contribution in [1.29, 1.82) is 0 Å². The van der Waals surface area contributed by atoms with Crippen molar-refractivity contribution in [3.63, 3.8) is 0 Å². The van der Waals surface area contributed by atoms with E-state index in [0.29, 0.717) is 37.6 Å². The quantitative estimate of drug-likeness (QED) is 0.346. The van der Waals surface area contributed by atoms with E-state index in [2.05, 4.69) is 44.5 Å². The van der Waals surface area contributed by atoms with Gasteiger partial charge in [0.15, 0.2) is 5.82 Å². The van der Waals surface area contributed by atoms with Gasteiger partial charge < -0.3 is 4.98 Å². The van der Waals surface area contributed by atoms with E-state index in [1.165, 1.54) is 17.0 Å². The van der Waals surface area contributed by atoms with E-state index in [9.17, 15) is 9.18 Å². The van der Waals surface area contributed by atoms with Crippen LogP contribution in [0.5, 0.6) is 0 Å². The molecule has 0 radical (unpaired) electrons. The van der Waals surface area contributed by atoms with Crippen LogP contribution in [-0.2, 0) is 26.2 Å². The Hall–Kier alpha value is -3.69. The summed E-state index contributed by atoms with van der Waals surface area (Å²) in [5.74, 6) is 0.397. The second-order valence-electron chi connectivity index (χ2n) is 8.77. The van der Waals surface area contributed by atoms with Gasteiger partial charge in [-0.2, -0.15) is 0 Å². The van der Waals surface area contributed by atoms with Crippen LogP contribution in [-0.4, -0.2) is 30.1 Å². The lowest BCUT2D eigenvalue weighted by atomic mass is 10.0. The van der Waals surface area contributed by atoms with Crippen molar-refractivity contribution in [2.45, 2.75) is 40.0 Å². The molecule has 7 nitrogen and oxygen atoms in total. The van der Waals surface area contributed by atoms with Gasteiger partial charge in [0.05, 0.1) is 13.1 Å². The van der Waals surface area contributed by atoms with Crippen molar-refractivity contribution >= 4 is 22.2 Å². The smallest absolute Gasteiger partial charge is 0.252 e. The standard InChI is InChI=1S/C26H25FN6OS/c1-17-10-18(2)23-12-20(26(34)28-24(23)11-17)14-32(15-22-4-3-9-35-22)16-25-29-30-31-33(25)13-19-5-7-21(27)8-6-19/h3-12H,13-16H2,1-2H3,(H,28,34). The van der Waals surface area contributed by atoms with Crippen molar-refractivity contribution in [2.24, 2.45) is 0 Å². The summed E-state index contributed by atoms with van der Waals surface area (Å²) < 4.78 is 15.0. The van der Waals surface area contributed by atoms with Gasteiger partial charge in [0, 0.05) is 34.4 Å². The van der Waals surface area contributed by atoms with Crippen LogP contribution in [0.4, 0.5) is 4.39 Å². The predicted molar refractivity (Wildman–Crippen MR) is 135 cm³/mol. The summed E-state index contributed by atoms with van der Waals surface area (Å²) in [7, 11) is 0. The average Bonchev–Trinajstić information content (AvgIpc) is 3.48. The van der Waals surface area contributed by atoms with Gasteiger partial charge in [-0.05, 0) is 76.7 Å². The largest absolute Gasteiger partial charge is 0.322 e. The highest BCUT2D eigenvalue weighted by molar-refractivity contribution is 7.09. The molecule has 0 saturated heterocycles. The fourth-order valence-corrected chi connectivity index (χ4v) is 5.03. The first-order chi connectivity index (χ1) is 16.9. The molecule has 0 aliphatic carbocycles. The summed E-state index contributed by atoms with van der Waals surface area (Å²) in [5, 5.41) is 15.3. The molecule has 0 bridgehead atoms. The third-order valence-electron chi connectivity index (χ3n) is 5.96. The number of hydrogen-bond acceptors (Lipinski definition) is 6. The van der Waals surface area contributed by atoms with Crippen LogP contribution in [0.2, 0.25) is 0 Å². The van der Waals surface area contributed by atoms with Gasteiger partial charge in [0.25, 0.3) is 5.56 Å². The van der Waals surface area contributed by atoms with E-state index in [1.54, 1.807) is 28.2 Å². The van der Waals surface area contributed by atoms with Crippen molar-refractivity contribution in [1.82, 2.24) is 30.1 Å². The van der Waals surface area contributed by atoms with Gasteiger partial charge in [0.1, 0.15) is 5.82 Å². The molecule has 3 heterocycles. The van der Waals surface area contributed by atoms with Crippen LogP contribution in [0.15, 0.2) is 64.8 Å². The maximum Gasteiger partial charge on any atom is 0.252 e. The number of nitrogens with zero attached hydrogens (tertiary/aromatic N) is 5. The molecule has 0 aliphatic rings. The lowest BCUT2D eigenvalue weighted by Crippen LogP contribution is -2.28. The molecule has 178 valence electrons. The highest BCUT2D eigenvalue weighted by atomic mass is 32.1. The number of aryl methyl sites for hydroxylation is 2. The van der Waals surface area contributed by atoms with Gasteiger partial charge in [-0.15, -0.1) is 16.4 Å². The second kappa shape index (κ2) is 9.89. The SMILES string of the molecule is Cc1cc(C)c2cc(CN(Cc3cccs3)Cc3nnnn3Cc3ccc(F)cc3)c(=O)[nH]c2c1. The van der Waals surface area contributed by atoms with E-state index < -0.39 is 0 Å². The molecule has 0 atom stereocenters. The van der Waals surface area contributed by atoms with E-state index in [-0.39, 0.29) is 11.4 Å². The van der Waals surface area contributed by atoms with E-state index in [4.69, 9.17) is 0 Å². The number of rotatable bonds is 8. The number of tetrazole rings is 1. The minimum atomic E-state index is -0.279. The number of benzene rings is 2. The molecule has 0 saturated carbocycles. The zero-order valence-corrected chi connectivity index (χ0v) is 20.3. The maximum atomic E-state index is 13.3. The second-order valence-corrected chi connectivity index (χ2v) is 9.80. The predicted octanol–water partition coefficient (Wildman–Crippen LogP) is 4.58. The van der Waals surface area contributed by atoms with Crippen LogP contribution >= 0.6 is 11.3 Å². The normalized spacial score (nSPS) is 11.5. The Labute approximate surface area is 205 Å². The number of thiophene rings is 1. The number of halogens is 1. The Kier molecular flexibility index (Phi) is 6.52. The van der Waals surface area contributed by atoms with Gasteiger partial charge in [-0.1, -0.05) is 24.3 Å². The lowest BCUT2D eigenvalue weighted by molar-refractivity contribution is 0.238. The Morgan fingerprint density at radius 2 is 1.89 bits per heavy atom. The summed E-state index contributed by atoms with van der Waals surface area (Å²) in [4.78, 5) is 19.4. The number of aromatic amines is 1. The maximum absolute atomic E-state index is 13.3. The fourth-order valence-electron chi connectivity index (χ4n) is 4.29. The minimum absolute atomic E-state index is 0.0930. The van der Waals surface area contributed by atoms with E-state index in [1.807, 2.05) is 30.5 Å². The van der Waals surface area contributed by atoms with Crippen molar-refractivity contribution in [3.05, 3.63) is 109 Å². The number of pyridine rings is 1. The molecule has 5 rings (SSSR count). The Morgan fingerprint density at radius 1 is 1.06 bits per heavy atom. The zero-order chi connectivity index (χ0) is 24.4. The number of hydrogen-bond donors (Lipinski definition) is 1. The summed E-state index contributed by atoms with van der Waals surface area (Å²) in [5.41, 5.74) is 4.60. The molecule has 0 unspecified atom stereocenters. The van der Waals surface area contributed by atoms with Gasteiger partial charge in [-0.3, -0.25) is 9.69 Å². The first-order valence-electron chi connectivity index (χ1n) is 11.3. The number of fused-ring (bicyclic) bond motifs is 1. The van der Waals surface area contributed by atoms with Crippen molar-refractivity contribution in [2.75, 3.05) is 0 Å². The number of H-pyrrole nitrogens is 1. The minimum Gasteiger partial charge on any atom is -0.322 e. The first-order valence-corrected chi connectivity index (χ1v) is 12.2. The topological polar surface area (TPSA) is 79.7 Å². The monoisotopic (exact) mass is 488 g/mol. The third kappa shape index (κ3) is 5.36. The Bertz CT molecular complexity index is 1510. The molecule has 3 aromatic heterocycles. The molecular weight excluding hydrogens is 463 g/mol. The molecule has 0 fully saturated rings. The van der Waals surface area contributed by atoms with E-state index >= 15 is 0 Å². The van der Waals surface area contributed by atoms with Crippen molar-refractivity contribution < 1.29 is 4.39 Å². The van der Waals surface area contributed by atoms with Crippen LogP contribution in [0, 0.1) is 19.7 Å².